The number of aliphatic hydroxyl groups is 1. The highest BCUT2D eigenvalue weighted by atomic mass is 16.7. The molecule has 11 heteroatoms. The summed E-state index contributed by atoms with van der Waals surface area (Å²) in [5, 5.41) is 20.2. The molecule has 1 heterocycles. The number of carbonyl (C=O) groups is 2. The lowest BCUT2D eigenvalue weighted by Gasteiger charge is -2.24. The summed E-state index contributed by atoms with van der Waals surface area (Å²) in [4.78, 5) is 24.1. The molecule has 1 aliphatic heterocycles. The molecule has 0 spiro atoms. The fourth-order valence-electron chi connectivity index (χ4n) is 3.00. The number of methoxy groups -OCH3 is 1. The molecule has 3 rings (SSSR count). The second kappa shape index (κ2) is 11.7. The van der Waals surface area contributed by atoms with Gasteiger partial charge in [-0.2, -0.15) is 0 Å². The third-order valence-electron chi connectivity index (χ3n) is 4.54. The normalized spacial score (nSPS) is 13.9. The fourth-order valence-corrected chi connectivity index (χ4v) is 3.00. The highest BCUT2D eigenvalue weighted by Gasteiger charge is 2.26. The predicted molar refractivity (Wildman–Crippen MR) is 114 cm³/mol. The quantitative estimate of drug-likeness (QED) is 0.238. The minimum atomic E-state index is -0.960. The molecule has 2 aromatic carbocycles. The van der Waals surface area contributed by atoms with Crippen LogP contribution in [-0.2, 0) is 14.3 Å². The van der Waals surface area contributed by atoms with E-state index in [0.717, 1.165) is 6.08 Å². The Morgan fingerprint density at radius 1 is 1.15 bits per heavy atom. The van der Waals surface area contributed by atoms with Crippen LogP contribution in [0.15, 0.2) is 54.6 Å². The Morgan fingerprint density at radius 3 is 2.61 bits per heavy atom. The first-order chi connectivity index (χ1) is 16.0. The number of nitrogens with one attached hydrogen (secondary N) is 2. The first kappa shape index (κ1) is 23.9. The SMILES string of the molecule is CO[C@H](/C=C/C(=O)NO)[C@H](OC(=O)Nc1ccc2c(c1)OCO2)c1ccc(OCCO)cc1. The Labute approximate surface area is 189 Å². The van der Waals surface area contributed by atoms with Crippen molar-refractivity contribution in [3.05, 3.63) is 60.2 Å². The summed E-state index contributed by atoms with van der Waals surface area (Å²) in [6.07, 6.45) is -0.201. The predicted octanol–water partition coefficient (Wildman–Crippen LogP) is 2.15. The topological polar surface area (TPSA) is 145 Å². The maximum Gasteiger partial charge on any atom is 0.412 e. The smallest absolute Gasteiger partial charge is 0.412 e. The molecule has 0 fully saturated rings. The lowest BCUT2D eigenvalue weighted by molar-refractivity contribution is -0.124. The molecule has 2 aromatic rings. The van der Waals surface area contributed by atoms with E-state index in [0.29, 0.717) is 28.5 Å². The number of hydrogen-bond acceptors (Lipinski definition) is 9. The number of carbonyl (C=O) groups excluding carboxylic acids is 2. The number of rotatable bonds is 10. The molecule has 2 amide bonds. The number of ether oxygens (including phenoxy) is 5. The summed E-state index contributed by atoms with van der Waals surface area (Å²) in [7, 11) is 1.39. The molecular formula is C22H24N2O9. The van der Waals surface area contributed by atoms with E-state index in [2.05, 4.69) is 5.32 Å². The van der Waals surface area contributed by atoms with Gasteiger partial charge >= 0.3 is 6.09 Å². The number of fused-ring (bicyclic) bond motifs is 1. The van der Waals surface area contributed by atoms with Crippen LogP contribution in [0.1, 0.15) is 11.7 Å². The van der Waals surface area contributed by atoms with Gasteiger partial charge in [0, 0.05) is 24.9 Å². The molecule has 4 N–H and O–H groups in total. The minimum absolute atomic E-state index is 0.104. The van der Waals surface area contributed by atoms with Gasteiger partial charge in [0.25, 0.3) is 5.91 Å². The van der Waals surface area contributed by atoms with E-state index in [-0.39, 0.29) is 20.0 Å². The van der Waals surface area contributed by atoms with Crippen LogP contribution in [0.4, 0.5) is 10.5 Å². The van der Waals surface area contributed by atoms with Crippen molar-refractivity contribution in [2.45, 2.75) is 12.2 Å². The van der Waals surface area contributed by atoms with Crippen molar-refractivity contribution in [1.82, 2.24) is 5.48 Å². The van der Waals surface area contributed by atoms with Crippen molar-refractivity contribution in [3.8, 4) is 17.2 Å². The minimum Gasteiger partial charge on any atom is -0.491 e. The highest BCUT2D eigenvalue weighted by molar-refractivity contribution is 5.87. The van der Waals surface area contributed by atoms with Crippen LogP contribution in [0.3, 0.4) is 0 Å². The second-order valence-corrected chi connectivity index (χ2v) is 6.70. The molecule has 0 saturated carbocycles. The molecule has 2 atom stereocenters. The highest BCUT2D eigenvalue weighted by Crippen LogP contribution is 2.34. The Morgan fingerprint density at radius 2 is 1.91 bits per heavy atom. The summed E-state index contributed by atoms with van der Waals surface area (Å²) in [5.74, 6) is 0.812. The Bertz CT molecular complexity index is 978. The molecule has 0 bridgehead atoms. The maximum atomic E-state index is 12.7. The van der Waals surface area contributed by atoms with Gasteiger partial charge in [-0.25, -0.2) is 10.3 Å². The molecule has 0 radical (unpaired) electrons. The van der Waals surface area contributed by atoms with Crippen LogP contribution < -0.4 is 25.0 Å². The van der Waals surface area contributed by atoms with Gasteiger partial charge < -0.3 is 28.8 Å². The zero-order valence-electron chi connectivity index (χ0n) is 17.7. The van der Waals surface area contributed by atoms with Crippen LogP contribution >= 0.6 is 0 Å². The number of aliphatic hydroxyl groups excluding tert-OH is 1. The van der Waals surface area contributed by atoms with E-state index in [1.54, 1.807) is 42.5 Å². The molecule has 0 aliphatic carbocycles. The Kier molecular flexibility index (Phi) is 8.47. The van der Waals surface area contributed by atoms with E-state index in [4.69, 9.17) is 34.0 Å². The van der Waals surface area contributed by atoms with E-state index >= 15 is 0 Å². The van der Waals surface area contributed by atoms with Crippen molar-refractivity contribution in [3.63, 3.8) is 0 Å². The average Bonchev–Trinajstić information content (AvgIpc) is 3.30. The van der Waals surface area contributed by atoms with Crippen molar-refractivity contribution in [1.29, 1.82) is 0 Å². The van der Waals surface area contributed by atoms with Crippen molar-refractivity contribution < 1.29 is 43.6 Å². The van der Waals surface area contributed by atoms with Gasteiger partial charge in [0.2, 0.25) is 6.79 Å². The fraction of sp³-hybridized carbons (Fsp3) is 0.273. The van der Waals surface area contributed by atoms with Gasteiger partial charge in [0.05, 0.1) is 6.61 Å². The zero-order valence-corrected chi connectivity index (χ0v) is 17.7. The number of hydroxylamine groups is 1. The van der Waals surface area contributed by atoms with Gasteiger partial charge in [0.15, 0.2) is 17.6 Å². The molecule has 0 saturated heterocycles. The van der Waals surface area contributed by atoms with Gasteiger partial charge in [-0.1, -0.05) is 12.1 Å². The van der Waals surface area contributed by atoms with Crippen molar-refractivity contribution >= 4 is 17.7 Å². The molecule has 33 heavy (non-hydrogen) atoms. The third-order valence-corrected chi connectivity index (χ3v) is 4.54. The van der Waals surface area contributed by atoms with Gasteiger partial charge in [-0.3, -0.25) is 15.3 Å². The number of amides is 2. The van der Waals surface area contributed by atoms with E-state index in [1.165, 1.54) is 18.7 Å². The first-order valence-electron chi connectivity index (χ1n) is 9.90. The van der Waals surface area contributed by atoms with Gasteiger partial charge in [-0.15, -0.1) is 0 Å². The van der Waals surface area contributed by atoms with Crippen LogP contribution in [0.25, 0.3) is 0 Å². The van der Waals surface area contributed by atoms with Crippen LogP contribution in [0.5, 0.6) is 17.2 Å². The standard InChI is InChI=1S/C22H24N2O9/c1-29-18(8-9-20(26)24-28)21(14-2-5-16(6-3-14)30-11-10-25)33-22(27)23-15-4-7-17-19(12-15)32-13-31-17/h2-9,12,18,21,25,28H,10-11,13H2,1H3,(H,23,27)(H,24,26)/b9-8+/t18-,21-/m1/s1. The lowest BCUT2D eigenvalue weighted by Crippen LogP contribution is -2.27. The molecule has 0 unspecified atom stereocenters. The van der Waals surface area contributed by atoms with E-state index in [9.17, 15) is 9.59 Å². The Balaban J connectivity index is 1.78. The summed E-state index contributed by atoms with van der Waals surface area (Å²) in [6, 6.07) is 11.5. The van der Waals surface area contributed by atoms with Crippen molar-refractivity contribution in [2.24, 2.45) is 0 Å². The zero-order chi connectivity index (χ0) is 23.6. The molecule has 0 aromatic heterocycles. The third kappa shape index (κ3) is 6.59. The largest absolute Gasteiger partial charge is 0.491 e. The van der Waals surface area contributed by atoms with Crippen molar-refractivity contribution in [2.75, 3.05) is 32.4 Å². The summed E-state index contributed by atoms with van der Waals surface area (Å²) < 4.78 is 26.9. The molecule has 11 nitrogen and oxygen atoms in total. The number of anilines is 1. The van der Waals surface area contributed by atoms with Gasteiger partial charge in [0.1, 0.15) is 18.5 Å². The lowest BCUT2D eigenvalue weighted by atomic mass is 10.0. The summed E-state index contributed by atoms with van der Waals surface area (Å²) in [6.45, 7) is 0.112. The summed E-state index contributed by atoms with van der Waals surface area (Å²) >= 11 is 0. The van der Waals surface area contributed by atoms with E-state index in [1.807, 2.05) is 0 Å². The monoisotopic (exact) mass is 460 g/mol. The molecule has 176 valence electrons. The van der Waals surface area contributed by atoms with Crippen LogP contribution in [0.2, 0.25) is 0 Å². The number of benzene rings is 2. The maximum absolute atomic E-state index is 12.7. The second-order valence-electron chi connectivity index (χ2n) is 6.70. The van der Waals surface area contributed by atoms with E-state index < -0.39 is 24.2 Å². The molecule has 1 aliphatic rings. The number of hydrogen-bond donors (Lipinski definition) is 4. The first-order valence-corrected chi connectivity index (χ1v) is 9.90. The summed E-state index contributed by atoms with van der Waals surface area (Å²) in [5.41, 5.74) is 2.46. The van der Waals surface area contributed by atoms with Crippen LogP contribution in [-0.4, -0.2) is 55.5 Å². The molecular weight excluding hydrogens is 436 g/mol. The van der Waals surface area contributed by atoms with Gasteiger partial charge in [-0.05, 0) is 35.9 Å². The van der Waals surface area contributed by atoms with Crippen LogP contribution in [0, 0.1) is 0 Å². The Hall–Kier alpha value is -3.80. The average molecular weight is 460 g/mol.